The summed E-state index contributed by atoms with van der Waals surface area (Å²) in [6, 6.07) is 21.3. The van der Waals surface area contributed by atoms with E-state index in [9.17, 15) is 4.79 Å². The Morgan fingerprint density at radius 2 is 1.63 bits per heavy atom. The molecule has 6 heteroatoms. The van der Waals surface area contributed by atoms with E-state index in [2.05, 4.69) is 33.0 Å². The topological polar surface area (TPSA) is 66.9 Å². The zero-order valence-electron chi connectivity index (χ0n) is 14.9. The van der Waals surface area contributed by atoms with Gasteiger partial charge in [-0.3, -0.25) is 4.79 Å². The van der Waals surface area contributed by atoms with Crippen molar-refractivity contribution in [1.29, 1.82) is 0 Å². The Morgan fingerprint density at radius 3 is 2.37 bits per heavy atom. The van der Waals surface area contributed by atoms with Crippen molar-refractivity contribution < 1.29 is 4.79 Å². The second-order valence-electron chi connectivity index (χ2n) is 6.10. The minimum absolute atomic E-state index is 0.236. The van der Waals surface area contributed by atoms with Crippen molar-refractivity contribution in [2.75, 3.05) is 18.4 Å². The molecule has 138 valence electrons. The number of carbonyl (C=O) groups excluding carboxylic acids is 1. The maximum Gasteiger partial charge on any atom is 0.271 e. The van der Waals surface area contributed by atoms with E-state index >= 15 is 0 Å². The molecule has 1 heterocycles. The molecule has 0 aliphatic carbocycles. The number of benzene rings is 2. The van der Waals surface area contributed by atoms with Crippen molar-refractivity contribution in [2.24, 2.45) is 0 Å². The van der Waals surface area contributed by atoms with Crippen LogP contribution in [0.5, 0.6) is 0 Å². The van der Waals surface area contributed by atoms with Gasteiger partial charge in [0.25, 0.3) is 5.91 Å². The van der Waals surface area contributed by atoms with Crippen LogP contribution in [0.2, 0.25) is 5.02 Å². The summed E-state index contributed by atoms with van der Waals surface area (Å²) in [5.41, 5.74) is 2.63. The summed E-state index contributed by atoms with van der Waals surface area (Å²) in [5, 5.41) is 14.8. The number of rotatable bonds is 8. The molecule has 0 radical (unpaired) electrons. The van der Waals surface area contributed by atoms with Crippen molar-refractivity contribution in [3.05, 3.63) is 88.6 Å². The molecule has 0 spiro atoms. The lowest BCUT2D eigenvalue weighted by Gasteiger charge is -2.07. The van der Waals surface area contributed by atoms with Crippen LogP contribution in [0, 0.1) is 0 Å². The molecule has 27 heavy (non-hydrogen) atoms. The van der Waals surface area contributed by atoms with Gasteiger partial charge in [0.2, 0.25) is 0 Å². The largest absolute Gasteiger partial charge is 0.368 e. The Balaban J connectivity index is 1.43. The molecular weight excluding hydrogens is 360 g/mol. The molecule has 0 unspecified atom stereocenters. The van der Waals surface area contributed by atoms with Crippen LogP contribution in [0.15, 0.2) is 66.7 Å². The van der Waals surface area contributed by atoms with E-state index in [-0.39, 0.29) is 5.91 Å². The maximum absolute atomic E-state index is 12.2. The van der Waals surface area contributed by atoms with Gasteiger partial charge in [-0.2, -0.15) is 0 Å². The van der Waals surface area contributed by atoms with Crippen molar-refractivity contribution >= 4 is 23.3 Å². The van der Waals surface area contributed by atoms with E-state index < -0.39 is 0 Å². The van der Waals surface area contributed by atoms with Crippen LogP contribution >= 0.6 is 11.6 Å². The quantitative estimate of drug-likeness (QED) is 0.624. The molecule has 0 aliphatic rings. The number of halogens is 1. The molecule has 5 nitrogen and oxygen atoms in total. The summed E-state index contributed by atoms with van der Waals surface area (Å²) in [6.07, 6.45) is 1.60. The summed E-state index contributed by atoms with van der Waals surface area (Å²) in [6.45, 7) is 1.27. The van der Waals surface area contributed by atoms with Gasteiger partial charge in [-0.05, 0) is 48.2 Å². The van der Waals surface area contributed by atoms with Gasteiger partial charge >= 0.3 is 0 Å². The Morgan fingerprint density at radius 1 is 0.852 bits per heavy atom. The average molecular weight is 381 g/mol. The molecular formula is C21H21ClN4O. The van der Waals surface area contributed by atoms with Gasteiger partial charge < -0.3 is 10.6 Å². The third-order valence-corrected chi connectivity index (χ3v) is 4.28. The molecule has 0 aliphatic heterocycles. The van der Waals surface area contributed by atoms with Crippen LogP contribution in [-0.2, 0) is 12.8 Å². The zero-order valence-corrected chi connectivity index (χ0v) is 15.6. The van der Waals surface area contributed by atoms with Crippen molar-refractivity contribution in [3.63, 3.8) is 0 Å². The number of hydrogen-bond donors (Lipinski definition) is 2. The Kier molecular flexibility index (Phi) is 6.77. The van der Waals surface area contributed by atoms with Gasteiger partial charge in [0.05, 0.1) is 0 Å². The molecule has 3 rings (SSSR count). The first-order valence-electron chi connectivity index (χ1n) is 8.85. The summed E-state index contributed by atoms with van der Waals surface area (Å²) in [5.74, 6) is 0.418. The predicted molar refractivity (Wildman–Crippen MR) is 108 cm³/mol. The lowest BCUT2D eigenvalue weighted by molar-refractivity contribution is 0.0948. The van der Waals surface area contributed by atoms with Crippen LogP contribution in [0.3, 0.4) is 0 Å². The van der Waals surface area contributed by atoms with E-state index in [0.717, 1.165) is 18.5 Å². The first-order chi connectivity index (χ1) is 13.2. The second-order valence-corrected chi connectivity index (χ2v) is 6.54. The molecule has 0 saturated heterocycles. The van der Waals surface area contributed by atoms with Gasteiger partial charge in [-0.15, -0.1) is 10.2 Å². The molecule has 3 aromatic rings. The van der Waals surface area contributed by atoms with Gasteiger partial charge in [0.15, 0.2) is 5.69 Å². The van der Waals surface area contributed by atoms with E-state index in [4.69, 9.17) is 11.6 Å². The Labute approximate surface area is 163 Å². The fourth-order valence-corrected chi connectivity index (χ4v) is 2.84. The summed E-state index contributed by atoms with van der Waals surface area (Å²) in [4.78, 5) is 12.2. The minimum atomic E-state index is -0.236. The van der Waals surface area contributed by atoms with Crippen LogP contribution in [0.25, 0.3) is 0 Å². The SMILES string of the molecule is O=C(NCCc1cccc(Cl)c1)c1ccc(NCCc2ccccc2)nn1. The molecule has 0 fully saturated rings. The highest BCUT2D eigenvalue weighted by Crippen LogP contribution is 2.10. The van der Waals surface area contributed by atoms with Crippen LogP contribution < -0.4 is 10.6 Å². The lowest BCUT2D eigenvalue weighted by Crippen LogP contribution is -2.26. The van der Waals surface area contributed by atoms with Gasteiger partial charge in [-0.25, -0.2) is 0 Å². The highest BCUT2D eigenvalue weighted by molar-refractivity contribution is 6.30. The van der Waals surface area contributed by atoms with E-state index in [1.807, 2.05) is 42.5 Å². The highest BCUT2D eigenvalue weighted by Gasteiger charge is 2.07. The number of hydrogen-bond acceptors (Lipinski definition) is 4. The summed E-state index contributed by atoms with van der Waals surface area (Å²) in [7, 11) is 0. The van der Waals surface area contributed by atoms with E-state index in [1.54, 1.807) is 12.1 Å². The molecule has 1 amide bonds. The molecule has 0 atom stereocenters. The van der Waals surface area contributed by atoms with Gasteiger partial charge in [0.1, 0.15) is 5.82 Å². The van der Waals surface area contributed by atoms with E-state index in [1.165, 1.54) is 5.56 Å². The highest BCUT2D eigenvalue weighted by atomic mass is 35.5. The van der Waals surface area contributed by atoms with Crippen molar-refractivity contribution in [2.45, 2.75) is 12.8 Å². The van der Waals surface area contributed by atoms with Crippen LogP contribution in [0.4, 0.5) is 5.82 Å². The first kappa shape index (κ1) is 18.9. The molecule has 1 aromatic heterocycles. The monoisotopic (exact) mass is 380 g/mol. The van der Waals surface area contributed by atoms with Crippen molar-refractivity contribution in [1.82, 2.24) is 15.5 Å². The minimum Gasteiger partial charge on any atom is -0.368 e. The number of nitrogens with zero attached hydrogens (tertiary/aromatic N) is 2. The normalized spacial score (nSPS) is 10.4. The number of carbonyl (C=O) groups is 1. The smallest absolute Gasteiger partial charge is 0.271 e. The summed E-state index contributed by atoms with van der Waals surface area (Å²) >= 11 is 5.96. The second kappa shape index (κ2) is 9.69. The Hall–Kier alpha value is -2.92. The third-order valence-electron chi connectivity index (χ3n) is 4.05. The van der Waals surface area contributed by atoms with Crippen LogP contribution in [-0.4, -0.2) is 29.2 Å². The number of aromatic nitrogens is 2. The predicted octanol–water partition coefficient (Wildman–Crippen LogP) is 3.76. The molecule has 2 aromatic carbocycles. The fraction of sp³-hybridized carbons (Fsp3) is 0.190. The fourth-order valence-electron chi connectivity index (χ4n) is 2.63. The van der Waals surface area contributed by atoms with Gasteiger partial charge in [-0.1, -0.05) is 54.1 Å². The van der Waals surface area contributed by atoms with Crippen LogP contribution in [0.1, 0.15) is 21.6 Å². The molecule has 0 bridgehead atoms. The third kappa shape index (κ3) is 6.08. The lowest BCUT2D eigenvalue weighted by atomic mass is 10.1. The average Bonchev–Trinajstić information content (AvgIpc) is 2.69. The molecule has 0 saturated carbocycles. The molecule has 2 N–H and O–H groups in total. The Bertz CT molecular complexity index is 869. The number of anilines is 1. The number of nitrogens with one attached hydrogen (secondary N) is 2. The van der Waals surface area contributed by atoms with Crippen molar-refractivity contribution in [3.8, 4) is 0 Å². The maximum atomic E-state index is 12.2. The zero-order chi connectivity index (χ0) is 18.9. The van der Waals surface area contributed by atoms with Gasteiger partial charge in [0, 0.05) is 18.1 Å². The first-order valence-corrected chi connectivity index (χ1v) is 9.23. The summed E-state index contributed by atoms with van der Waals surface area (Å²) < 4.78 is 0. The van der Waals surface area contributed by atoms with E-state index in [0.29, 0.717) is 29.5 Å². The number of amides is 1. The standard InChI is InChI=1S/C21H21ClN4O/c22-18-8-4-7-17(15-18)12-14-24-21(27)19-9-10-20(26-25-19)23-13-11-16-5-2-1-3-6-16/h1-10,15H,11-14H2,(H,23,26)(H,24,27).